The topological polar surface area (TPSA) is 231 Å². The average molecular weight is 977 g/mol. The van der Waals surface area contributed by atoms with E-state index in [0.29, 0.717) is 12.8 Å². The summed E-state index contributed by atoms with van der Waals surface area (Å²) in [5.74, 6) is -0.906. The molecule has 0 amide bonds. The minimum Gasteiger partial charge on any atom is -0.462 e. The lowest BCUT2D eigenvalue weighted by atomic mass is 9.98. The van der Waals surface area contributed by atoms with Gasteiger partial charge >= 0.3 is 11.9 Å². The summed E-state index contributed by atoms with van der Waals surface area (Å²) >= 11 is 0. The van der Waals surface area contributed by atoms with Gasteiger partial charge in [-0.25, -0.2) is 0 Å². The van der Waals surface area contributed by atoms with Crippen LogP contribution in [0.3, 0.4) is 0 Å². The summed E-state index contributed by atoms with van der Waals surface area (Å²) in [7, 11) is 0. The molecular weight excluding hydrogens is 877 g/mol. The van der Waals surface area contributed by atoms with Gasteiger partial charge < -0.3 is 64.2 Å². The Labute approximate surface area is 410 Å². The van der Waals surface area contributed by atoms with E-state index in [9.17, 15) is 45.3 Å². The molecule has 2 fully saturated rings. The zero-order chi connectivity index (χ0) is 49.6. The molecule has 2 aliphatic rings. The predicted molar refractivity (Wildman–Crippen MR) is 262 cm³/mol. The van der Waals surface area contributed by atoms with E-state index in [1.54, 1.807) is 0 Å². The first kappa shape index (κ1) is 62.6. The van der Waals surface area contributed by atoms with E-state index in [2.05, 4.69) is 13.8 Å². The second kappa shape index (κ2) is 41.0. The van der Waals surface area contributed by atoms with Crippen molar-refractivity contribution in [2.24, 2.45) is 0 Å². The van der Waals surface area contributed by atoms with E-state index in [1.807, 2.05) is 0 Å². The van der Waals surface area contributed by atoms with E-state index in [4.69, 9.17) is 28.4 Å². The van der Waals surface area contributed by atoms with Crippen molar-refractivity contribution < 1.29 is 73.8 Å². The molecule has 0 radical (unpaired) electrons. The van der Waals surface area contributed by atoms with Crippen molar-refractivity contribution in [3.8, 4) is 0 Å². The molecular formula is C53H100O15. The van der Waals surface area contributed by atoms with Crippen LogP contribution in [0.4, 0.5) is 0 Å². The van der Waals surface area contributed by atoms with Gasteiger partial charge in [-0.05, 0) is 12.8 Å². The normalized spacial score (nSPS) is 25.7. The van der Waals surface area contributed by atoms with Crippen LogP contribution in [0.2, 0.25) is 0 Å². The number of aliphatic hydroxyl groups is 7. The monoisotopic (exact) mass is 977 g/mol. The third kappa shape index (κ3) is 28.5. The van der Waals surface area contributed by atoms with E-state index in [-0.39, 0.29) is 26.1 Å². The highest BCUT2D eigenvalue weighted by atomic mass is 16.7. The van der Waals surface area contributed by atoms with Gasteiger partial charge in [0.2, 0.25) is 0 Å². The first-order valence-electron chi connectivity index (χ1n) is 27.6. The van der Waals surface area contributed by atoms with Crippen LogP contribution in [0, 0.1) is 0 Å². The van der Waals surface area contributed by atoms with Crippen molar-refractivity contribution >= 4 is 11.9 Å². The Morgan fingerprint density at radius 1 is 0.412 bits per heavy atom. The first-order valence-corrected chi connectivity index (χ1v) is 27.6. The van der Waals surface area contributed by atoms with Crippen molar-refractivity contribution in [2.75, 3.05) is 26.4 Å². The predicted octanol–water partition coefficient (Wildman–Crippen LogP) is 8.39. The molecule has 2 saturated heterocycles. The maximum absolute atomic E-state index is 13.0. The highest BCUT2D eigenvalue weighted by Crippen LogP contribution is 2.27. The van der Waals surface area contributed by atoms with E-state index < -0.39 is 92.7 Å². The van der Waals surface area contributed by atoms with E-state index in [0.717, 1.165) is 38.5 Å². The number of carbonyl (C=O) groups excluding carboxylic acids is 2. The molecule has 0 saturated carbocycles. The number of unbranched alkanes of at least 4 members (excludes halogenated alkanes) is 30. The second-order valence-electron chi connectivity index (χ2n) is 19.8. The Bertz CT molecular complexity index is 1190. The van der Waals surface area contributed by atoms with E-state index >= 15 is 0 Å². The third-order valence-corrected chi connectivity index (χ3v) is 13.6. The number of carbonyl (C=O) groups is 2. The molecule has 11 atom stereocenters. The Balaban J connectivity index is 1.77. The molecule has 2 rings (SSSR count). The summed E-state index contributed by atoms with van der Waals surface area (Å²) in [5, 5.41) is 72.2. The molecule has 402 valence electrons. The Hall–Kier alpha value is -1.50. The van der Waals surface area contributed by atoms with Crippen LogP contribution >= 0.6 is 0 Å². The molecule has 15 heteroatoms. The van der Waals surface area contributed by atoms with Crippen LogP contribution < -0.4 is 0 Å². The van der Waals surface area contributed by atoms with Gasteiger partial charge in [0.1, 0.15) is 55.4 Å². The van der Waals surface area contributed by atoms with Crippen LogP contribution in [0.15, 0.2) is 0 Å². The number of hydrogen-bond acceptors (Lipinski definition) is 15. The second-order valence-corrected chi connectivity index (χ2v) is 19.8. The van der Waals surface area contributed by atoms with Gasteiger partial charge in [-0.1, -0.05) is 206 Å². The zero-order valence-electron chi connectivity index (χ0n) is 42.6. The van der Waals surface area contributed by atoms with Crippen LogP contribution in [0.1, 0.15) is 232 Å². The summed E-state index contributed by atoms with van der Waals surface area (Å²) in [6, 6.07) is 0. The van der Waals surface area contributed by atoms with Crippen molar-refractivity contribution in [1.82, 2.24) is 0 Å². The molecule has 0 bridgehead atoms. The molecule has 7 N–H and O–H groups in total. The molecule has 68 heavy (non-hydrogen) atoms. The standard InChI is InChI=1S/C53H100O15/c1-3-5-7-9-11-13-15-17-19-20-22-24-26-28-30-32-34-36-45(56)66-41(38-63-44(55)35-33-31-29-27-25-23-21-18-16-14-12-10-8-6-4-2)39-64-52-51(62)49(60)47(58)43(68-52)40-65-53-50(61)48(59)46(57)42(37-54)67-53/h41-43,46-54,57-62H,3-40H2,1-2H3. The van der Waals surface area contributed by atoms with Gasteiger partial charge in [0.25, 0.3) is 0 Å². The Kier molecular flexibility index (Phi) is 37.8. The lowest BCUT2D eigenvalue weighted by molar-refractivity contribution is -0.332. The van der Waals surface area contributed by atoms with Crippen molar-refractivity contribution in [2.45, 2.75) is 300 Å². The zero-order valence-corrected chi connectivity index (χ0v) is 42.6. The largest absolute Gasteiger partial charge is 0.462 e. The minimum absolute atomic E-state index is 0.174. The maximum Gasteiger partial charge on any atom is 0.306 e. The number of esters is 2. The fourth-order valence-corrected chi connectivity index (χ4v) is 9.04. The van der Waals surface area contributed by atoms with E-state index in [1.165, 1.54) is 154 Å². The molecule has 0 spiro atoms. The molecule has 2 heterocycles. The van der Waals surface area contributed by atoms with Gasteiger partial charge in [-0.15, -0.1) is 0 Å². The molecule has 0 aromatic heterocycles. The van der Waals surface area contributed by atoms with Crippen molar-refractivity contribution in [3.05, 3.63) is 0 Å². The Morgan fingerprint density at radius 2 is 0.750 bits per heavy atom. The van der Waals surface area contributed by atoms with Gasteiger partial charge in [0.05, 0.1) is 19.8 Å². The summed E-state index contributed by atoms with van der Waals surface area (Å²) < 4.78 is 33.7. The highest BCUT2D eigenvalue weighted by Gasteiger charge is 2.47. The van der Waals surface area contributed by atoms with Crippen molar-refractivity contribution in [1.29, 1.82) is 0 Å². The number of aliphatic hydroxyl groups excluding tert-OH is 7. The average Bonchev–Trinajstić information content (AvgIpc) is 3.33. The molecule has 2 aliphatic heterocycles. The smallest absolute Gasteiger partial charge is 0.306 e. The van der Waals surface area contributed by atoms with Gasteiger partial charge in [-0.3, -0.25) is 9.59 Å². The molecule has 11 unspecified atom stereocenters. The lowest BCUT2D eigenvalue weighted by Gasteiger charge is -2.42. The van der Waals surface area contributed by atoms with Crippen LogP contribution in [-0.4, -0.2) is 142 Å². The number of hydrogen-bond donors (Lipinski definition) is 7. The van der Waals surface area contributed by atoms with Gasteiger partial charge in [-0.2, -0.15) is 0 Å². The summed E-state index contributed by atoms with van der Waals surface area (Å²) in [6.45, 7) is 2.64. The molecule has 0 aromatic rings. The molecule has 15 nitrogen and oxygen atoms in total. The quantitative estimate of drug-likeness (QED) is 0.0225. The van der Waals surface area contributed by atoms with Crippen molar-refractivity contribution in [3.63, 3.8) is 0 Å². The highest BCUT2D eigenvalue weighted by molar-refractivity contribution is 5.70. The van der Waals surface area contributed by atoms with Gasteiger partial charge in [0.15, 0.2) is 18.7 Å². The molecule has 0 aliphatic carbocycles. The lowest BCUT2D eigenvalue weighted by Crippen LogP contribution is -2.61. The third-order valence-electron chi connectivity index (χ3n) is 13.6. The minimum atomic E-state index is -1.76. The first-order chi connectivity index (χ1) is 33.0. The SMILES string of the molecule is CCCCCCCCCCCCCCCCCCCC(=O)OC(COC(=O)CCCCCCCCCCCCCCCCC)COC1OC(COC2OC(CO)C(O)C(O)C2O)C(O)C(O)C1O. The van der Waals surface area contributed by atoms with Crippen LogP contribution in [-0.2, 0) is 38.0 Å². The number of ether oxygens (including phenoxy) is 6. The van der Waals surface area contributed by atoms with Crippen LogP contribution in [0.5, 0.6) is 0 Å². The number of rotatable bonds is 44. The summed E-state index contributed by atoms with van der Waals surface area (Å²) in [5.41, 5.74) is 0. The van der Waals surface area contributed by atoms with Crippen LogP contribution in [0.25, 0.3) is 0 Å². The summed E-state index contributed by atoms with van der Waals surface area (Å²) in [4.78, 5) is 25.8. The maximum atomic E-state index is 13.0. The molecule has 0 aromatic carbocycles. The van der Waals surface area contributed by atoms with Gasteiger partial charge in [0, 0.05) is 12.8 Å². The summed E-state index contributed by atoms with van der Waals surface area (Å²) in [6.07, 6.45) is 22.6. The fourth-order valence-electron chi connectivity index (χ4n) is 9.04. The fraction of sp³-hybridized carbons (Fsp3) is 0.962. The Morgan fingerprint density at radius 3 is 1.15 bits per heavy atom.